The lowest BCUT2D eigenvalue weighted by Gasteiger charge is -2.33. The fourth-order valence-corrected chi connectivity index (χ4v) is 4.03. The Hall–Kier alpha value is -3.19. The molecule has 1 unspecified atom stereocenters. The molecule has 1 heterocycles. The molecule has 1 aliphatic heterocycles. The van der Waals surface area contributed by atoms with Crippen molar-refractivity contribution in [1.82, 2.24) is 15.6 Å². The van der Waals surface area contributed by atoms with Crippen molar-refractivity contribution in [2.45, 2.75) is 44.6 Å². The quantitative estimate of drug-likeness (QED) is 0.311. The molecule has 0 aromatic heterocycles. The average Bonchev–Trinajstić information content (AvgIpc) is 2.87. The SMILES string of the molecule is COc1cccc(C=NNC(=O)C(CCCCNC(=O)c2ccccc2)N2CCCCC2)c1. The van der Waals surface area contributed by atoms with Gasteiger partial charge in [-0.1, -0.05) is 36.8 Å². The standard InChI is InChI=1S/C26H34N4O3/c1-33-23-14-10-11-21(19-23)20-28-29-26(32)24(30-17-8-3-9-18-30)15-6-7-16-27-25(31)22-12-4-2-5-13-22/h2,4-5,10-14,19-20,24H,3,6-9,15-18H2,1H3,(H,27,31)(H,29,32). The highest BCUT2D eigenvalue weighted by atomic mass is 16.5. The molecule has 0 saturated carbocycles. The number of hydrogen-bond donors (Lipinski definition) is 2. The zero-order valence-electron chi connectivity index (χ0n) is 19.3. The molecule has 1 fully saturated rings. The van der Waals surface area contributed by atoms with Crippen LogP contribution in [0.15, 0.2) is 59.7 Å². The largest absolute Gasteiger partial charge is 0.497 e. The number of amides is 2. The lowest BCUT2D eigenvalue weighted by atomic mass is 10.0. The summed E-state index contributed by atoms with van der Waals surface area (Å²) < 4.78 is 5.22. The number of unbranched alkanes of at least 4 members (excludes halogenated alkanes) is 1. The summed E-state index contributed by atoms with van der Waals surface area (Å²) in [5, 5.41) is 7.13. The molecule has 0 radical (unpaired) electrons. The van der Waals surface area contributed by atoms with Crippen molar-refractivity contribution >= 4 is 18.0 Å². The summed E-state index contributed by atoms with van der Waals surface area (Å²) in [5.41, 5.74) is 4.25. The Morgan fingerprint density at radius 3 is 2.61 bits per heavy atom. The van der Waals surface area contributed by atoms with Gasteiger partial charge in [0.05, 0.1) is 19.4 Å². The predicted molar refractivity (Wildman–Crippen MR) is 131 cm³/mol. The van der Waals surface area contributed by atoms with Gasteiger partial charge >= 0.3 is 0 Å². The molecular formula is C26H34N4O3. The van der Waals surface area contributed by atoms with Gasteiger partial charge in [-0.2, -0.15) is 5.10 Å². The third-order valence-corrected chi connectivity index (χ3v) is 5.84. The fourth-order valence-electron chi connectivity index (χ4n) is 4.03. The predicted octanol–water partition coefficient (Wildman–Crippen LogP) is 3.60. The number of methoxy groups -OCH3 is 1. The van der Waals surface area contributed by atoms with E-state index >= 15 is 0 Å². The third kappa shape index (κ3) is 8.02. The molecule has 0 aliphatic carbocycles. The topological polar surface area (TPSA) is 83.0 Å². The van der Waals surface area contributed by atoms with Gasteiger partial charge in [-0.25, -0.2) is 5.43 Å². The summed E-state index contributed by atoms with van der Waals surface area (Å²) in [6.07, 6.45) is 7.49. The lowest BCUT2D eigenvalue weighted by molar-refractivity contribution is -0.127. The van der Waals surface area contributed by atoms with E-state index in [1.807, 2.05) is 42.5 Å². The molecule has 1 atom stereocenters. The van der Waals surface area contributed by atoms with E-state index in [9.17, 15) is 9.59 Å². The molecule has 0 bridgehead atoms. The van der Waals surface area contributed by atoms with E-state index in [0.29, 0.717) is 12.1 Å². The number of benzene rings is 2. The van der Waals surface area contributed by atoms with Crippen molar-refractivity contribution in [1.29, 1.82) is 0 Å². The van der Waals surface area contributed by atoms with Gasteiger partial charge in [0.2, 0.25) is 0 Å². The van der Waals surface area contributed by atoms with Crippen molar-refractivity contribution in [2.75, 3.05) is 26.7 Å². The second-order valence-corrected chi connectivity index (χ2v) is 8.24. The Morgan fingerprint density at radius 2 is 1.85 bits per heavy atom. The van der Waals surface area contributed by atoms with E-state index in [0.717, 1.165) is 56.5 Å². The maximum absolute atomic E-state index is 13.0. The molecule has 2 aromatic rings. The summed E-state index contributed by atoms with van der Waals surface area (Å²) >= 11 is 0. The second-order valence-electron chi connectivity index (χ2n) is 8.24. The number of nitrogens with one attached hydrogen (secondary N) is 2. The minimum atomic E-state index is -0.211. The number of ether oxygens (including phenoxy) is 1. The van der Waals surface area contributed by atoms with Gasteiger partial charge < -0.3 is 10.1 Å². The number of carbonyl (C=O) groups is 2. The Bertz CT molecular complexity index is 911. The normalized spacial score (nSPS) is 15.2. The highest BCUT2D eigenvalue weighted by molar-refractivity contribution is 5.94. The van der Waals surface area contributed by atoms with E-state index in [1.165, 1.54) is 6.42 Å². The number of hydrogen-bond acceptors (Lipinski definition) is 5. The number of carbonyl (C=O) groups excluding carboxylic acids is 2. The zero-order valence-corrected chi connectivity index (χ0v) is 19.3. The zero-order chi connectivity index (χ0) is 23.3. The Balaban J connectivity index is 1.48. The lowest BCUT2D eigenvalue weighted by Crippen LogP contribution is -2.47. The van der Waals surface area contributed by atoms with Gasteiger partial charge in [0.25, 0.3) is 11.8 Å². The molecule has 2 aromatic carbocycles. The van der Waals surface area contributed by atoms with Crippen LogP contribution in [0.2, 0.25) is 0 Å². The first-order valence-corrected chi connectivity index (χ1v) is 11.7. The molecule has 0 spiro atoms. The maximum atomic E-state index is 13.0. The van der Waals surface area contributed by atoms with Gasteiger partial charge in [-0.3, -0.25) is 14.5 Å². The summed E-state index contributed by atoms with van der Waals surface area (Å²) in [7, 11) is 1.62. The molecule has 33 heavy (non-hydrogen) atoms. The van der Waals surface area contributed by atoms with Crippen LogP contribution in [0.4, 0.5) is 0 Å². The van der Waals surface area contributed by atoms with Gasteiger partial charge in [0.1, 0.15) is 5.75 Å². The molecule has 2 N–H and O–H groups in total. The van der Waals surface area contributed by atoms with Crippen LogP contribution in [0, 0.1) is 0 Å². The first-order valence-electron chi connectivity index (χ1n) is 11.7. The molecular weight excluding hydrogens is 416 g/mol. The van der Waals surface area contributed by atoms with Crippen molar-refractivity contribution in [2.24, 2.45) is 5.10 Å². The van der Waals surface area contributed by atoms with Crippen molar-refractivity contribution in [3.63, 3.8) is 0 Å². The first kappa shape index (κ1) is 24.5. The van der Waals surface area contributed by atoms with Crippen molar-refractivity contribution in [3.8, 4) is 5.75 Å². The first-order chi connectivity index (χ1) is 16.2. The van der Waals surface area contributed by atoms with Crippen LogP contribution < -0.4 is 15.5 Å². The van der Waals surface area contributed by atoms with Crippen molar-refractivity contribution in [3.05, 3.63) is 65.7 Å². The Labute approximate surface area is 196 Å². The summed E-state index contributed by atoms with van der Waals surface area (Å²) in [6.45, 7) is 2.46. The van der Waals surface area contributed by atoms with Gasteiger partial charge in [0.15, 0.2) is 0 Å². The molecule has 1 saturated heterocycles. The van der Waals surface area contributed by atoms with Crippen LogP contribution in [0.25, 0.3) is 0 Å². The Kier molecular flexibility index (Phi) is 9.91. The van der Waals surface area contributed by atoms with Crippen LogP contribution in [0.3, 0.4) is 0 Å². The van der Waals surface area contributed by atoms with Crippen LogP contribution in [-0.4, -0.2) is 55.7 Å². The monoisotopic (exact) mass is 450 g/mol. The Morgan fingerprint density at radius 1 is 1.06 bits per heavy atom. The minimum absolute atomic E-state index is 0.0622. The molecule has 1 aliphatic rings. The highest BCUT2D eigenvalue weighted by Crippen LogP contribution is 2.17. The van der Waals surface area contributed by atoms with E-state index in [2.05, 4.69) is 20.7 Å². The average molecular weight is 451 g/mol. The molecule has 7 nitrogen and oxygen atoms in total. The van der Waals surface area contributed by atoms with Crippen LogP contribution in [0.1, 0.15) is 54.4 Å². The minimum Gasteiger partial charge on any atom is -0.497 e. The summed E-state index contributed by atoms with van der Waals surface area (Å²) in [6, 6.07) is 16.5. The van der Waals surface area contributed by atoms with Crippen LogP contribution >= 0.6 is 0 Å². The van der Waals surface area contributed by atoms with E-state index in [1.54, 1.807) is 25.5 Å². The summed E-state index contributed by atoms with van der Waals surface area (Å²) in [4.78, 5) is 27.4. The molecule has 7 heteroatoms. The van der Waals surface area contributed by atoms with E-state index in [4.69, 9.17) is 4.74 Å². The van der Waals surface area contributed by atoms with Gasteiger partial charge in [0, 0.05) is 12.1 Å². The fraction of sp³-hybridized carbons (Fsp3) is 0.423. The maximum Gasteiger partial charge on any atom is 0.257 e. The molecule has 3 rings (SSSR count). The second kappa shape index (κ2) is 13.4. The highest BCUT2D eigenvalue weighted by Gasteiger charge is 2.26. The number of rotatable bonds is 11. The third-order valence-electron chi connectivity index (χ3n) is 5.84. The van der Waals surface area contributed by atoms with Gasteiger partial charge in [-0.15, -0.1) is 0 Å². The number of likely N-dealkylation sites (tertiary alicyclic amines) is 1. The molecule has 2 amide bonds. The van der Waals surface area contributed by atoms with Crippen LogP contribution in [-0.2, 0) is 4.79 Å². The number of piperidine rings is 1. The van der Waals surface area contributed by atoms with Crippen LogP contribution in [0.5, 0.6) is 5.75 Å². The van der Waals surface area contributed by atoms with Gasteiger partial charge in [-0.05, 0) is 75.0 Å². The van der Waals surface area contributed by atoms with E-state index < -0.39 is 0 Å². The number of hydrazone groups is 1. The number of nitrogens with zero attached hydrogens (tertiary/aromatic N) is 2. The molecule has 176 valence electrons. The summed E-state index contributed by atoms with van der Waals surface area (Å²) in [5.74, 6) is 0.605. The van der Waals surface area contributed by atoms with Crippen molar-refractivity contribution < 1.29 is 14.3 Å². The smallest absolute Gasteiger partial charge is 0.257 e. The van der Waals surface area contributed by atoms with E-state index in [-0.39, 0.29) is 17.9 Å².